The molecule has 118 valence electrons. The van der Waals surface area contributed by atoms with E-state index >= 15 is 0 Å². The van der Waals surface area contributed by atoms with E-state index in [-0.39, 0.29) is 40.3 Å². The molecule has 0 heterocycles. The number of halogens is 1. The Morgan fingerprint density at radius 2 is 2.05 bits per heavy atom. The molecule has 1 rings (SSSR count). The fourth-order valence-electron chi connectivity index (χ4n) is 1.70. The normalized spacial score (nSPS) is 11.9. The SMILES string of the molecule is Cc1c(C(=O)O)cc(Cl)cc1S(=O)(=O)NCCOC(C)C. The van der Waals surface area contributed by atoms with Crippen LogP contribution in [0.3, 0.4) is 0 Å². The molecule has 21 heavy (non-hydrogen) atoms. The Morgan fingerprint density at radius 1 is 1.43 bits per heavy atom. The number of ether oxygens (including phenoxy) is 1. The van der Waals surface area contributed by atoms with Crippen molar-refractivity contribution in [1.82, 2.24) is 4.72 Å². The van der Waals surface area contributed by atoms with Gasteiger partial charge in [-0.15, -0.1) is 0 Å². The maximum atomic E-state index is 12.2. The van der Waals surface area contributed by atoms with E-state index in [9.17, 15) is 13.2 Å². The summed E-state index contributed by atoms with van der Waals surface area (Å²) in [5, 5.41) is 9.11. The highest BCUT2D eigenvalue weighted by molar-refractivity contribution is 7.89. The lowest BCUT2D eigenvalue weighted by molar-refractivity contribution is 0.0695. The van der Waals surface area contributed by atoms with Gasteiger partial charge in [0.2, 0.25) is 10.0 Å². The Morgan fingerprint density at radius 3 is 2.57 bits per heavy atom. The third-order valence-corrected chi connectivity index (χ3v) is 4.50. The molecule has 0 atom stereocenters. The van der Waals surface area contributed by atoms with Crippen molar-refractivity contribution in [3.05, 3.63) is 28.3 Å². The molecule has 0 spiro atoms. The molecule has 0 radical (unpaired) electrons. The van der Waals surface area contributed by atoms with Crippen LogP contribution in [0.4, 0.5) is 0 Å². The number of carboxylic acids is 1. The fraction of sp³-hybridized carbons (Fsp3) is 0.462. The van der Waals surface area contributed by atoms with Crippen LogP contribution in [0.25, 0.3) is 0 Å². The summed E-state index contributed by atoms with van der Waals surface area (Å²) in [5.74, 6) is -1.23. The average Bonchev–Trinajstić information content (AvgIpc) is 2.36. The predicted molar refractivity (Wildman–Crippen MR) is 79.4 cm³/mol. The van der Waals surface area contributed by atoms with Crippen LogP contribution >= 0.6 is 11.6 Å². The van der Waals surface area contributed by atoms with Crippen molar-refractivity contribution in [3.8, 4) is 0 Å². The number of carbonyl (C=O) groups is 1. The Bertz CT molecular complexity index is 628. The quantitative estimate of drug-likeness (QED) is 0.744. The van der Waals surface area contributed by atoms with Gasteiger partial charge in [-0.2, -0.15) is 0 Å². The largest absolute Gasteiger partial charge is 0.478 e. The summed E-state index contributed by atoms with van der Waals surface area (Å²) in [6, 6.07) is 2.45. The maximum absolute atomic E-state index is 12.2. The van der Waals surface area contributed by atoms with Gasteiger partial charge in [-0.3, -0.25) is 0 Å². The number of hydrogen-bond donors (Lipinski definition) is 2. The monoisotopic (exact) mass is 335 g/mol. The summed E-state index contributed by atoms with van der Waals surface area (Å²) in [7, 11) is -3.85. The number of nitrogens with one attached hydrogen (secondary N) is 1. The zero-order valence-electron chi connectivity index (χ0n) is 12.0. The molecule has 0 aliphatic rings. The maximum Gasteiger partial charge on any atom is 0.336 e. The minimum Gasteiger partial charge on any atom is -0.478 e. The Hall–Kier alpha value is -1.15. The van der Waals surface area contributed by atoms with Crippen molar-refractivity contribution >= 4 is 27.6 Å². The number of aromatic carboxylic acids is 1. The standard InChI is InChI=1S/C13H18ClNO5S/c1-8(2)20-5-4-15-21(18,19)12-7-10(14)6-11(9(12)3)13(16)17/h6-8,15H,4-5H2,1-3H3,(H,16,17). The molecule has 0 saturated heterocycles. The van der Waals surface area contributed by atoms with Gasteiger partial charge in [-0.1, -0.05) is 11.6 Å². The van der Waals surface area contributed by atoms with Crippen LogP contribution in [-0.2, 0) is 14.8 Å². The smallest absolute Gasteiger partial charge is 0.336 e. The summed E-state index contributed by atoms with van der Waals surface area (Å²) in [5.41, 5.74) is 0.00508. The molecule has 2 N–H and O–H groups in total. The number of rotatable bonds is 7. The lowest BCUT2D eigenvalue weighted by atomic mass is 10.1. The molecule has 0 aromatic heterocycles. The highest BCUT2D eigenvalue weighted by atomic mass is 35.5. The third-order valence-electron chi connectivity index (χ3n) is 2.69. The molecule has 0 bridgehead atoms. The van der Waals surface area contributed by atoms with E-state index < -0.39 is 16.0 Å². The van der Waals surface area contributed by atoms with Crippen molar-refractivity contribution in [1.29, 1.82) is 0 Å². The molecule has 0 aliphatic carbocycles. The van der Waals surface area contributed by atoms with Crippen LogP contribution in [-0.4, -0.2) is 38.7 Å². The van der Waals surface area contributed by atoms with E-state index in [2.05, 4.69) is 4.72 Å². The molecule has 0 fully saturated rings. The molecular weight excluding hydrogens is 318 g/mol. The number of hydrogen-bond acceptors (Lipinski definition) is 4. The minimum atomic E-state index is -3.85. The number of benzene rings is 1. The molecule has 0 amide bonds. The molecule has 6 nitrogen and oxygen atoms in total. The molecule has 1 aromatic rings. The summed E-state index contributed by atoms with van der Waals surface area (Å²) in [6.45, 7) is 5.43. The van der Waals surface area contributed by atoms with Crippen LogP contribution in [0.1, 0.15) is 29.8 Å². The minimum absolute atomic E-state index is 0.000947. The highest BCUT2D eigenvalue weighted by Crippen LogP contribution is 2.24. The predicted octanol–water partition coefficient (Wildman–Crippen LogP) is 2.05. The second kappa shape index (κ2) is 7.22. The third kappa shape index (κ3) is 4.96. The second-order valence-corrected chi connectivity index (χ2v) is 6.87. The van der Waals surface area contributed by atoms with Crippen molar-refractivity contribution in [2.24, 2.45) is 0 Å². The number of carboxylic acid groups (broad SMARTS) is 1. The van der Waals surface area contributed by atoms with Gasteiger partial charge in [0.1, 0.15) is 0 Å². The topological polar surface area (TPSA) is 92.7 Å². The Balaban J connectivity index is 3.00. The molecule has 0 saturated carbocycles. The lowest BCUT2D eigenvalue weighted by Gasteiger charge is -2.12. The second-order valence-electron chi connectivity index (χ2n) is 4.70. The average molecular weight is 336 g/mol. The van der Waals surface area contributed by atoms with Crippen molar-refractivity contribution in [3.63, 3.8) is 0 Å². The Labute approximate surface area is 129 Å². The van der Waals surface area contributed by atoms with Gasteiger partial charge in [-0.05, 0) is 38.5 Å². The van der Waals surface area contributed by atoms with Gasteiger partial charge in [0.25, 0.3) is 0 Å². The number of sulfonamides is 1. The first-order chi connectivity index (χ1) is 9.65. The van der Waals surface area contributed by atoms with E-state index in [1.54, 1.807) is 0 Å². The summed E-state index contributed by atoms with van der Waals surface area (Å²) >= 11 is 5.79. The molecule has 1 aromatic carbocycles. The van der Waals surface area contributed by atoms with Gasteiger partial charge in [0.15, 0.2) is 0 Å². The van der Waals surface area contributed by atoms with Crippen LogP contribution in [0.2, 0.25) is 5.02 Å². The van der Waals surface area contributed by atoms with Crippen molar-refractivity contribution in [2.75, 3.05) is 13.2 Å². The fourth-order valence-corrected chi connectivity index (χ4v) is 3.29. The molecule has 0 unspecified atom stereocenters. The van der Waals surface area contributed by atoms with Gasteiger partial charge < -0.3 is 9.84 Å². The zero-order valence-corrected chi connectivity index (χ0v) is 13.6. The molecule has 8 heteroatoms. The van der Waals surface area contributed by atoms with Gasteiger partial charge in [0, 0.05) is 11.6 Å². The molecule has 0 aliphatic heterocycles. The van der Waals surface area contributed by atoms with Crippen LogP contribution in [0.15, 0.2) is 17.0 Å². The van der Waals surface area contributed by atoms with Crippen LogP contribution in [0.5, 0.6) is 0 Å². The van der Waals surface area contributed by atoms with Crippen LogP contribution < -0.4 is 4.72 Å². The van der Waals surface area contributed by atoms with E-state index in [0.717, 1.165) is 0 Å². The van der Waals surface area contributed by atoms with Gasteiger partial charge in [0.05, 0.1) is 23.2 Å². The molecular formula is C13H18ClNO5S. The first-order valence-corrected chi connectivity index (χ1v) is 8.16. The van der Waals surface area contributed by atoms with E-state index in [0.29, 0.717) is 0 Å². The van der Waals surface area contributed by atoms with Gasteiger partial charge >= 0.3 is 5.97 Å². The van der Waals surface area contributed by atoms with E-state index in [4.69, 9.17) is 21.4 Å². The summed E-state index contributed by atoms with van der Waals surface area (Å²) < 4.78 is 32.0. The van der Waals surface area contributed by atoms with E-state index in [1.807, 2.05) is 13.8 Å². The lowest BCUT2D eigenvalue weighted by Crippen LogP contribution is -2.29. The van der Waals surface area contributed by atoms with Crippen molar-refractivity contribution < 1.29 is 23.1 Å². The zero-order chi connectivity index (χ0) is 16.2. The Kier molecular flexibility index (Phi) is 6.15. The summed E-state index contributed by atoms with van der Waals surface area (Å²) in [6.07, 6.45) is 0.000947. The highest BCUT2D eigenvalue weighted by Gasteiger charge is 2.21. The van der Waals surface area contributed by atoms with E-state index in [1.165, 1.54) is 19.1 Å². The van der Waals surface area contributed by atoms with Gasteiger partial charge in [-0.25, -0.2) is 17.9 Å². The van der Waals surface area contributed by atoms with Crippen molar-refractivity contribution in [2.45, 2.75) is 31.8 Å². The first kappa shape index (κ1) is 17.9. The first-order valence-electron chi connectivity index (χ1n) is 6.30. The summed E-state index contributed by atoms with van der Waals surface area (Å²) in [4.78, 5) is 11.0. The van der Waals surface area contributed by atoms with Crippen LogP contribution in [0, 0.1) is 6.92 Å².